The van der Waals surface area contributed by atoms with Gasteiger partial charge in [-0.2, -0.15) is 0 Å². The number of rotatable bonds is 7. The second kappa shape index (κ2) is 14.8. The summed E-state index contributed by atoms with van der Waals surface area (Å²) < 4.78 is 2.47. The first-order chi connectivity index (χ1) is 32.3. The van der Waals surface area contributed by atoms with Gasteiger partial charge in [-0.3, -0.25) is 0 Å². The molecule has 1 aliphatic rings. The second-order valence-electron chi connectivity index (χ2n) is 17.2. The second-order valence-corrected chi connectivity index (χ2v) is 17.2. The molecule has 0 N–H and O–H groups in total. The van der Waals surface area contributed by atoms with Gasteiger partial charge in [-0.05, 0) is 110 Å². The maximum atomic E-state index is 2.47. The Balaban J connectivity index is 0.953. The fourth-order valence-electron chi connectivity index (χ4n) is 11.0. The number of anilines is 3. The van der Waals surface area contributed by atoms with Crippen LogP contribution in [0.25, 0.3) is 71.3 Å². The van der Waals surface area contributed by atoms with Crippen LogP contribution in [0, 0.1) is 0 Å². The van der Waals surface area contributed by atoms with E-state index in [4.69, 9.17) is 0 Å². The molecule has 0 aliphatic heterocycles. The zero-order valence-electron chi connectivity index (χ0n) is 35.6. The van der Waals surface area contributed by atoms with Gasteiger partial charge in [0, 0.05) is 32.9 Å². The van der Waals surface area contributed by atoms with Gasteiger partial charge in [-0.15, -0.1) is 0 Å². The molecular formula is C63H42N2. The minimum atomic E-state index is -0.473. The lowest BCUT2D eigenvalue weighted by Gasteiger charge is -2.34. The molecule has 304 valence electrons. The molecule has 65 heavy (non-hydrogen) atoms. The van der Waals surface area contributed by atoms with Gasteiger partial charge < -0.3 is 9.47 Å². The van der Waals surface area contributed by atoms with E-state index < -0.39 is 5.41 Å². The van der Waals surface area contributed by atoms with E-state index >= 15 is 0 Å². The maximum absolute atomic E-state index is 2.47. The molecule has 2 heteroatoms. The van der Waals surface area contributed by atoms with Crippen molar-refractivity contribution < 1.29 is 0 Å². The summed E-state index contributed by atoms with van der Waals surface area (Å²) >= 11 is 0. The molecule has 0 saturated carbocycles. The van der Waals surface area contributed by atoms with E-state index in [-0.39, 0.29) is 0 Å². The first-order valence-electron chi connectivity index (χ1n) is 22.5. The largest absolute Gasteiger partial charge is 0.309 e. The molecule has 1 aromatic heterocycles. The number of hydrogen-bond donors (Lipinski definition) is 0. The topological polar surface area (TPSA) is 8.17 Å². The van der Waals surface area contributed by atoms with Gasteiger partial charge in [0.15, 0.2) is 0 Å². The fraction of sp³-hybridized carbons (Fsp3) is 0.0159. The number of benzene rings is 11. The number of fused-ring (bicyclic) bond motifs is 8. The molecule has 0 radical (unpaired) electrons. The first kappa shape index (κ1) is 37.1. The summed E-state index contributed by atoms with van der Waals surface area (Å²) in [5.74, 6) is 0. The molecule has 0 fully saturated rings. The molecule has 0 unspecified atom stereocenters. The van der Waals surface area contributed by atoms with Crippen LogP contribution < -0.4 is 4.90 Å². The SMILES string of the molecule is c1ccc(C2(c3ccccc3)c3ccccc3-c3ccc(-n4c5ccccc5c5cc(-c6ccc(N(c7cccc8ccccc78)c7cccc8ccccc78)cc6)ccc54)cc32)cc1. The zero-order chi connectivity index (χ0) is 42.9. The van der Waals surface area contributed by atoms with Crippen LogP contribution in [0.15, 0.2) is 255 Å². The molecular weight excluding hydrogens is 785 g/mol. The van der Waals surface area contributed by atoms with Gasteiger partial charge in [0.1, 0.15) is 0 Å². The summed E-state index contributed by atoms with van der Waals surface area (Å²) in [5, 5.41) is 7.34. The van der Waals surface area contributed by atoms with E-state index in [0.29, 0.717) is 0 Å². The average Bonchev–Trinajstić information content (AvgIpc) is 3.87. The number of hydrogen-bond acceptors (Lipinski definition) is 1. The van der Waals surface area contributed by atoms with Gasteiger partial charge in [0.25, 0.3) is 0 Å². The molecule has 2 nitrogen and oxygen atoms in total. The van der Waals surface area contributed by atoms with Crippen molar-refractivity contribution in [1.29, 1.82) is 0 Å². The number of para-hydroxylation sites is 1. The van der Waals surface area contributed by atoms with E-state index in [1.807, 2.05) is 0 Å². The van der Waals surface area contributed by atoms with Gasteiger partial charge in [0.05, 0.1) is 27.8 Å². The van der Waals surface area contributed by atoms with Crippen LogP contribution in [-0.4, -0.2) is 4.57 Å². The lowest BCUT2D eigenvalue weighted by Crippen LogP contribution is -2.28. The van der Waals surface area contributed by atoms with E-state index in [1.54, 1.807) is 0 Å². The first-order valence-corrected chi connectivity index (χ1v) is 22.5. The lowest BCUT2D eigenvalue weighted by atomic mass is 9.67. The molecule has 0 saturated heterocycles. The number of aromatic nitrogens is 1. The van der Waals surface area contributed by atoms with Crippen molar-refractivity contribution in [2.45, 2.75) is 5.41 Å². The quantitative estimate of drug-likeness (QED) is 0.155. The number of nitrogens with zero attached hydrogens (tertiary/aromatic N) is 2. The molecule has 0 atom stereocenters. The van der Waals surface area contributed by atoms with E-state index in [1.165, 1.54) is 87.9 Å². The lowest BCUT2D eigenvalue weighted by molar-refractivity contribution is 0.767. The molecule has 13 rings (SSSR count). The van der Waals surface area contributed by atoms with Crippen molar-refractivity contribution in [2.75, 3.05) is 4.90 Å². The minimum absolute atomic E-state index is 0.473. The molecule has 0 spiro atoms. The van der Waals surface area contributed by atoms with Crippen LogP contribution in [0.3, 0.4) is 0 Å². The molecule has 12 aromatic rings. The van der Waals surface area contributed by atoms with Gasteiger partial charge >= 0.3 is 0 Å². The predicted molar refractivity (Wildman–Crippen MR) is 273 cm³/mol. The molecule has 0 bridgehead atoms. The summed E-state index contributed by atoms with van der Waals surface area (Å²) in [6, 6.07) is 93.8. The highest BCUT2D eigenvalue weighted by atomic mass is 15.1. The highest BCUT2D eigenvalue weighted by molar-refractivity contribution is 6.11. The van der Waals surface area contributed by atoms with Crippen LogP contribution in [0.4, 0.5) is 17.1 Å². The zero-order valence-corrected chi connectivity index (χ0v) is 35.6. The Bertz CT molecular complexity index is 3640. The Morgan fingerprint density at radius 1 is 0.323 bits per heavy atom. The van der Waals surface area contributed by atoms with Gasteiger partial charge in [0.2, 0.25) is 0 Å². The standard InChI is InChI=1S/C63H42N2/c1-3-21-47(22-4-1)63(48-23-5-2-6-24-48)57-29-13-11-27-53(57)54-39-38-50(42-58(54)63)65-61-30-14-12-28-55(61)56-41-46(35-40-62(56)65)43-33-36-49(37-34-43)64(59-31-15-19-44-17-7-9-25-51(44)59)60-32-16-20-45-18-8-10-26-52(45)60/h1-42H. The third kappa shape index (κ3) is 5.67. The summed E-state index contributed by atoms with van der Waals surface area (Å²) in [7, 11) is 0. The van der Waals surface area contributed by atoms with Crippen LogP contribution in [-0.2, 0) is 5.41 Å². The van der Waals surface area contributed by atoms with Crippen molar-refractivity contribution in [1.82, 2.24) is 4.57 Å². The van der Waals surface area contributed by atoms with Crippen molar-refractivity contribution in [3.05, 3.63) is 277 Å². The van der Waals surface area contributed by atoms with Gasteiger partial charge in [-0.1, -0.05) is 200 Å². The fourth-order valence-corrected chi connectivity index (χ4v) is 11.0. The van der Waals surface area contributed by atoms with Crippen molar-refractivity contribution in [2.24, 2.45) is 0 Å². The maximum Gasteiger partial charge on any atom is 0.0714 e. The molecule has 1 aliphatic carbocycles. The average molecular weight is 827 g/mol. The van der Waals surface area contributed by atoms with Gasteiger partial charge in [-0.25, -0.2) is 0 Å². The van der Waals surface area contributed by atoms with E-state index in [9.17, 15) is 0 Å². The van der Waals surface area contributed by atoms with Crippen LogP contribution in [0.1, 0.15) is 22.3 Å². The monoisotopic (exact) mass is 826 g/mol. The highest BCUT2D eigenvalue weighted by Gasteiger charge is 2.46. The van der Waals surface area contributed by atoms with Crippen LogP contribution in [0.2, 0.25) is 0 Å². The molecule has 11 aromatic carbocycles. The summed E-state index contributed by atoms with van der Waals surface area (Å²) in [6.45, 7) is 0. The Hall–Kier alpha value is -8.46. The Morgan fingerprint density at radius 2 is 0.846 bits per heavy atom. The van der Waals surface area contributed by atoms with Crippen LogP contribution >= 0.6 is 0 Å². The Morgan fingerprint density at radius 3 is 1.52 bits per heavy atom. The third-order valence-electron chi connectivity index (χ3n) is 13.8. The van der Waals surface area contributed by atoms with Crippen molar-refractivity contribution >= 4 is 60.4 Å². The van der Waals surface area contributed by atoms with Crippen LogP contribution in [0.5, 0.6) is 0 Å². The van der Waals surface area contributed by atoms with E-state index in [2.05, 4.69) is 264 Å². The highest BCUT2D eigenvalue weighted by Crippen LogP contribution is 2.56. The van der Waals surface area contributed by atoms with Crippen molar-refractivity contribution in [3.63, 3.8) is 0 Å². The minimum Gasteiger partial charge on any atom is -0.309 e. The summed E-state index contributed by atoms with van der Waals surface area (Å²) in [5.41, 5.74) is 16.6. The Kier molecular flexibility index (Phi) is 8.47. The van der Waals surface area contributed by atoms with E-state index in [0.717, 1.165) is 22.7 Å². The third-order valence-corrected chi connectivity index (χ3v) is 13.8. The molecule has 0 amide bonds. The molecule has 1 heterocycles. The summed E-state index contributed by atoms with van der Waals surface area (Å²) in [4.78, 5) is 2.42. The smallest absolute Gasteiger partial charge is 0.0714 e. The van der Waals surface area contributed by atoms with Crippen molar-refractivity contribution in [3.8, 4) is 27.9 Å². The predicted octanol–water partition coefficient (Wildman–Crippen LogP) is 16.6. The summed E-state index contributed by atoms with van der Waals surface area (Å²) in [6.07, 6.45) is 0. The Labute approximate surface area is 378 Å². The normalized spacial score (nSPS) is 12.7.